The summed E-state index contributed by atoms with van der Waals surface area (Å²) in [7, 11) is 0. The monoisotopic (exact) mass is 202 g/mol. The number of aromatic nitrogens is 2. The predicted octanol–water partition coefficient (Wildman–Crippen LogP) is 1.85. The van der Waals surface area contributed by atoms with Crippen LogP contribution in [0.4, 0.5) is 0 Å². The third-order valence-corrected chi connectivity index (χ3v) is 2.35. The van der Waals surface area contributed by atoms with E-state index in [-0.39, 0.29) is 6.61 Å². The number of rotatable bonds is 3. The van der Waals surface area contributed by atoms with Gasteiger partial charge in [0.05, 0.1) is 19.3 Å². The van der Waals surface area contributed by atoms with Gasteiger partial charge in [0, 0.05) is 11.8 Å². The van der Waals surface area contributed by atoms with Crippen LogP contribution >= 0.6 is 0 Å². The highest BCUT2D eigenvalue weighted by Gasteiger charge is 2.00. The first-order valence-electron chi connectivity index (χ1n) is 5.00. The van der Waals surface area contributed by atoms with Gasteiger partial charge in [-0.15, -0.1) is 0 Å². The molecule has 0 amide bonds. The van der Waals surface area contributed by atoms with Gasteiger partial charge in [-0.2, -0.15) is 5.10 Å². The number of hydrogen-bond donors (Lipinski definition) is 1. The van der Waals surface area contributed by atoms with Crippen LogP contribution in [0.3, 0.4) is 0 Å². The van der Waals surface area contributed by atoms with Crippen LogP contribution in [0.2, 0.25) is 0 Å². The van der Waals surface area contributed by atoms with Crippen molar-refractivity contribution in [2.24, 2.45) is 0 Å². The first-order chi connectivity index (χ1) is 7.29. The zero-order chi connectivity index (χ0) is 10.7. The normalized spacial score (nSPS) is 10.5. The molecule has 0 atom stereocenters. The van der Waals surface area contributed by atoms with Gasteiger partial charge in [-0.1, -0.05) is 29.8 Å². The molecular weight excluding hydrogens is 188 g/mol. The van der Waals surface area contributed by atoms with Gasteiger partial charge in [0.2, 0.25) is 0 Å². The fraction of sp³-hybridized carbons (Fsp3) is 0.250. The van der Waals surface area contributed by atoms with Gasteiger partial charge in [-0.05, 0) is 12.5 Å². The number of benzene rings is 1. The molecule has 1 heterocycles. The smallest absolute Gasteiger partial charge is 0.0641 e. The molecule has 0 radical (unpaired) electrons. The quantitative estimate of drug-likeness (QED) is 0.824. The molecule has 1 N–H and O–H groups in total. The van der Waals surface area contributed by atoms with E-state index in [0.29, 0.717) is 6.54 Å². The summed E-state index contributed by atoms with van der Waals surface area (Å²) in [5.74, 6) is 0. The minimum atomic E-state index is 0.120. The maximum absolute atomic E-state index is 8.78. The Hall–Kier alpha value is -1.61. The summed E-state index contributed by atoms with van der Waals surface area (Å²) >= 11 is 0. The number of nitrogens with zero attached hydrogens (tertiary/aromatic N) is 2. The lowest BCUT2D eigenvalue weighted by molar-refractivity contribution is 0.269. The summed E-state index contributed by atoms with van der Waals surface area (Å²) in [4.78, 5) is 0. The van der Waals surface area contributed by atoms with Gasteiger partial charge < -0.3 is 5.11 Å². The van der Waals surface area contributed by atoms with E-state index >= 15 is 0 Å². The molecule has 0 fully saturated rings. The molecule has 0 aliphatic carbocycles. The molecule has 0 aliphatic heterocycles. The first kappa shape index (κ1) is 9.93. The highest BCUT2D eigenvalue weighted by Crippen LogP contribution is 2.18. The molecule has 3 nitrogen and oxygen atoms in total. The van der Waals surface area contributed by atoms with Crippen molar-refractivity contribution in [1.29, 1.82) is 0 Å². The Kier molecular flexibility index (Phi) is 2.83. The van der Waals surface area contributed by atoms with E-state index in [9.17, 15) is 0 Å². The summed E-state index contributed by atoms with van der Waals surface area (Å²) in [6.07, 6.45) is 3.77. The summed E-state index contributed by atoms with van der Waals surface area (Å²) in [5, 5.41) is 12.9. The van der Waals surface area contributed by atoms with E-state index in [2.05, 4.69) is 36.3 Å². The average molecular weight is 202 g/mol. The molecule has 2 rings (SSSR count). The van der Waals surface area contributed by atoms with Crippen LogP contribution in [0.1, 0.15) is 5.56 Å². The van der Waals surface area contributed by atoms with Crippen LogP contribution in [0.15, 0.2) is 36.7 Å². The molecule has 0 spiro atoms. The Labute approximate surface area is 89.0 Å². The van der Waals surface area contributed by atoms with E-state index in [1.165, 1.54) is 5.56 Å². The lowest BCUT2D eigenvalue weighted by Crippen LogP contribution is -2.01. The molecule has 1 aromatic heterocycles. The Bertz CT molecular complexity index is 431. The lowest BCUT2D eigenvalue weighted by Gasteiger charge is -1.98. The molecule has 0 bridgehead atoms. The topological polar surface area (TPSA) is 38.0 Å². The van der Waals surface area contributed by atoms with Crippen LogP contribution in [-0.2, 0) is 6.54 Å². The predicted molar refractivity (Wildman–Crippen MR) is 59.5 cm³/mol. The minimum absolute atomic E-state index is 0.120. The molecule has 3 heteroatoms. The SMILES string of the molecule is Cc1ccc(-c2cnn(CCO)c2)cc1. The van der Waals surface area contributed by atoms with E-state index < -0.39 is 0 Å². The van der Waals surface area contributed by atoms with Crippen LogP contribution in [-0.4, -0.2) is 21.5 Å². The largest absolute Gasteiger partial charge is 0.394 e. The van der Waals surface area contributed by atoms with Crippen molar-refractivity contribution < 1.29 is 5.11 Å². The molecule has 0 saturated heterocycles. The zero-order valence-corrected chi connectivity index (χ0v) is 8.72. The van der Waals surface area contributed by atoms with Crippen LogP contribution < -0.4 is 0 Å². The fourth-order valence-corrected chi connectivity index (χ4v) is 1.48. The summed E-state index contributed by atoms with van der Waals surface area (Å²) in [5.41, 5.74) is 3.50. The van der Waals surface area contributed by atoms with Gasteiger partial charge in [0.25, 0.3) is 0 Å². The van der Waals surface area contributed by atoms with Crippen molar-refractivity contribution in [3.8, 4) is 11.1 Å². The average Bonchev–Trinajstić information content (AvgIpc) is 2.68. The summed E-state index contributed by atoms with van der Waals surface area (Å²) in [6, 6.07) is 8.32. The van der Waals surface area contributed by atoms with Gasteiger partial charge >= 0.3 is 0 Å². The van der Waals surface area contributed by atoms with E-state index in [4.69, 9.17) is 5.11 Å². The van der Waals surface area contributed by atoms with E-state index in [0.717, 1.165) is 11.1 Å². The van der Waals surface area contributed by atoms with Gasteiger partial charge in [-0.25, -0.2) is 0 Å². The van der Waals surface area contributed by atoms with Gasteiger partial charge in [-0.3, -0.25) is 4.68 Å². The zero-order valence-electron chi connectivity index (χ0n) is 8.72. The fourth-order valence-electron chi connectivity index (χ4n) is 1.48. The second-order valence-corrected chi connectivity index (χ2v) is 3.58. The summed E-state index contributed by atoms with van der Waals surface area (Å²) < 4.78 is 1.75. The van der Waals surface area contributed by atoms with Crippen molar-refractivity contribution in [3.63, 3.8) is 0 Å². The molecule has 0 unspecified atom stereocenters. The highest BCUT2D eigenvalue weighted by atomic mass is 16.3. The molecule has 0 aliphatic rings. The Morgan fingerprint density at radius 1 is 1.20 bits per heavy atom. The van der Waals surface area contributed by atoms with Gasteiger partial charge in [0.15, 0.2) is 0 Å². The Morgan fingerprint density at radius 3 is 2.60 bits per heavy atom. The molecule has 2 aromatic rings. The molecule has 15 heavy (non-hydrogen) atoms. The van der Waals surface area contributed by atoms with Crippen molar-refractivity contribution in [3.05, 3.63) is 42.2 Å². The van der Waals surface area contributed by atoms with Crippen molar-refractivity contribution in [2.75, 3.05) is 6.61 Å². The second kappa shape index (κ2) is 4.28. The number of hydrogen-bond acceptors (Lipinski definition) is 2. The maximum atomic E-state index is 8.78. The molecular formula is C12H14N2O. The highest BCUT2D eigenvalue weighted by molar-refractivity contribution is 5.61. The Balaban J connectivity index is 2.25. The first-order valence-corrected chi connectivity index (χ1v) is 5.00. The van der Waals surface area contributed by atoms with Crippen molar-refractivity contribution in [2.45, 2.75) is 13.5 Å². The lowest BCUT2D eigenvalue weighted by atomic mass is 10.1. The molecule has 0 saturated carbocycles. The van der Waals surface area contributed by atoms with E-state index in [1.54, 1.807) is 4.68 Å². The number of aliphatic hydroxyl groups is 1. The molecule has 1 aromatic carbocycles. The second-order valence-electron chi connectivity index (χ2n) is 3.58. The minimum Gasteiger partial charge on any atom is -0.394 e. The van der Waals surface area contributed by atoms with Crippen molar-refractivity contribution in [1.82, 2.24) is 9.78 Å². The summed E-state index contributed by atoms with van der Waals surface area (Å²) in [6.45, 7) is 2.74. The third kappa shape index (κ3) is 2.25. The maximum Gasteiger partial charge on any atom is 0.0641 e. The van der Waals surface area contributed by atoms with Crippen LogP contribution in [0, 0.1) is 6.92 Å². The van der Waals surface area contributed by atoms with Crippen molar-refractivity contribution >= 4 is 0 Å². The van der Waals surface area contributed by atoms with Crippen LogP contribution in [0.5, 0.6) is 0 Å². The van der Waals surface area contributed by atoms with Crippen LogP contribution in [0.25, 0.3) is 11.1 Å². The number of aliphatic hydroxyl groups excluding tert-OH is 1. The third-order valence-electron chi connectivity index (χ3n) is 2.35. The molecule has 78 valence electrons. The standard InChI is InChI=1S/C12H14N2O/c1-10-2-4-11(5-3-10)12-8-13-14(9-12)6-7-15/h2-5,8-9,15H,6-7H2,1H3. The van der Waals surface area contributed by atoms with E-state index in [1.807, 2.05) is 12.4 Å². The van der Waals surface area contributed by atoms with Gasteiger partial charge in [0.1, 0.15) is 0 Å². The number of aryl methyl sites for hydroxylation is 1. The Morgan fingerprint density at radius 2 is 1.93 bits per heavy atom.